The minimum Gasteiger partial charge on any atom is -0.481 e. The number of carboxylic acid groups (broad SMARTS) is 1. The van der Waals surface area contributed by atoms with E-state index in [1.165, 1.54) is 0 Å². The van der Waals surface area contributed by atoms with Crippen LogP contribution in [0.2, 0.25) is 0 Å². The average molecular weight is 339 g/mol. The van der Waals surface area contributed by atoms with Crippen LogP contribution in [0.1, 0.15) is 18.3 Å². The lowest BCUT2D eigenvalue weighted by atomic mass is 10.3. The second-order valence-electron chi connectivity index (χ2n) is 5.35. The largest absolute Gasteiger partial charge is 0.481 e. The van der Waals surface area contributed by atoms with Crippen LogP contribution in [0.5, 0.6) is 0 Å². The molecule has 0 amide bonds. The van der Waals surface area contributed by atoms with E-state index < -0.39 is 5.97 Å². The van der Waals surface area contributed by atoms with Gasteiger partial charge in [-0.2, -0.15) is 0 Å². The van der Waals surface area contributed by atoms with Crippen LogP contribution in [0.3, 0.4) is 0 Å². The fraction of sp³-hybridized carbons (Fsp3) is 0.188. The highest BCUT2D eigenvalue weighted by Crippen LogP contribution is 2.18. The van der Waals surface area contributed by atoms with Crippen molar-refractivity contribution in [3.63, 3.8) is 0 Å². The van der Waals surface area contributed by atoms with Crippen LogP contribution in [0, 0.1) is 6.92 Å². The number of hydrogen-bond donors (Lipinski definition) is 2. The van der Waals surface area contributed by atoms with E-state index in [0.717, 1.165) is 35.5 Å². The Morgan fingerprint density at radius 3 is 2.76 bits per heavy atom. The lowest BCUT2D eigenvalue weighted by molar-refractivity contribution is -0.134. The molecule has 0 unspecified atom stereocenters. The van der Waals surface area contributed by atoms with Crippen LogP contribution in [0.4, 0.5) is 0 Å². The van der Waals surface area contributed by atoms with Gasteiger partial charge in [-0.25, -0.2) is 15.0 Å². The Labute approximate surface area is 143 Å². The summed E-state index contributed by atoms with van der Waals surface area (Å²) < 4.78 is 4.00. The van der Waals surface area contributed by atoms with E-state index >= 15 is 0 Å². The van der Waals surface area contributed by atoms with Crippen LogP contribution in [0.15, 0.2) is 43.5 Å². The molecule has 0 saturated heterocycles. The number of hydrogen-bond acceptors (Lipinski definition) is 5. The lowest BCUT2D eigenvalue weighted by Gasteiger charge is -2.04. The molecule has 2 N–H and O–H groups in total. The molecule has 0 aliphatic rings. The summed E-state index contributed by atoms with van der Waals surface area (Å²) in [5.41, 5.74) is 3.66. The number of carbonyl (C=O) groups is 1. The molecule has 9 nitrogen and oxygen atoms in total. The molecule has 0 bridgehead atoms. The number of aryl methyl sites for hydroxylation is 1. The average Bonchev–Trinajstić information content (AvgIpc) is 3.25. The molecule has 4 aromatic heterocycles. The van der Waals surface area contributed by atoms with Gasteiger partial charge in [0.25, 0.3) is 5.97 Å². The van der Waals surface area contributed by atoms with Gasteiger partial charge in [-0.1, -0.05) is 0 Å². The van der Waals surface area contributed by atoms with Crippen LogP contribution in [-0.4, -0.2) is 45.0 Å². The third-order valence-corrected chi connectivity index (χ3v) is 3.40. The molecule has 0 fully saturated rings. The molecule has 4 rings (SSSR count). The first kappa shape index (κ1) is 16.4. The summed E-state index contributed by atoms with van der Waals surface area (Å²) in [4.78, 5) is 29.4. The van der Waals surface area contributed by atoms with Crippen molar-refractivity contribution in [3.05, 3.63) is 54.9 Å². The Morgan fingerprint density at radius 1 is 1.28 bits per heavy atom. The molecule has 128 valence electrons. The molecule has 0 atom stereocenters. The Bertz CT molecular complexity index is 962. The number of H-pyrrole nitrogens is 1. The molecular weight excluding hydrogens is 322 g/mol. The maximum absolute atomic E-state index is 9.00. The van der Waals surface area contributed by atoms with Gasteiger partial charge in [0.1, 0.15) is 5.69 Å². The highest BCUT2D eigenvalue weighted by atomic mass is 16.4. The highest BCUT2D eigenvalue weighted by molar-refractivity contribution is 5.63. The fourth-order valence-electron chi connectivity index (χ4n) is 2.38. The van der Waals surface area contributed by atoms with Crippen molar-refractivity contribution in [1.82, 2.24) is 33.9 Å². The van der Waals surface area contributed by atoms with Crippen LogP contribution in [0.25, 0.3) is 17.2 Å². The summed E-state index contributed by atoms with van der Waals surface area (Å²) >= 11 is 0. The molecule has 0 aliphatic carbocycles. The van der Waals surface area contributed by atoms with Crippen LogP contribution in [-0.2, 0) is 11.3 Å². The molecule has 0 saturated carbocycles. The van der Waals surface area contributed by atoms with Gasteiger partial charge in [0, 0.05) is 43.6 Å². The van der Waals surface area contributed by atoms with Gasteiger partial charge in [0.15, 0.2) is 11.5 Å². The van der Waals surface area contributed by atoms with Crippen LogP contribution < -0.4 is 0 Å². The molecule has 0 radical (unpaired) electrons. The topological polar surface area (TPSA) is 114 Å². The summed E-state index contributed by atoms with van der Waals surface area (Å²) in [6.45, 7) is 3.71. The number of nitrogens with zero attached hydrogens (tertiary/aromatic N) is 6. The summed E-state index contributed by atoms with van der Waals surface area (Å²) in [7, 11) is 0. The smallest absolute Gasteiger partial charge is 0.300 e. The van der Waals surface area contributed by atoms with Crippen molar-refractivity contribution in [3.8, 4) is 11.5 Å². The Kier molecular flexibility index (Phi) is 4.55. The van der Waals surface area contributed by atoms with Crippen molar-refractivity contribution < 1.29 is 9.90 Å². The Hall–Kier alpha value is -3.49. The zero-order valence-electron chi connectivity index (χ0n) is 13.8. The first-order valence-corrected chi connectivity index (χ1v) is 7.53. The number of aliphatic carboxylic acids is 1. The monoisotopic (exact) mass is 339 g/mol. The van der Waals surface area contributed by atoms with Gasteiger partial charge in [0.2, 0.25) is 0 Å². The molecule has 0 aromatic carbocycles. The number of carboxylic acids is 1. The van der Waals surface area contributed by atoms with Crippen molar-refractivity contribution in [2.75, 3.05) is 0 Å². The Balaban J connectivity index is 0.000000415. The van der Waals surface area contributed by atoms with Crippen molar-refractivity contribution in [1.29, 1.82) is 0 Å². The molecule has 0 spiro atoms. The molecule has 4 aromatic rings. The Morgan fingerprint density at radius 2 is 2.08 bits per heavy atom. The number of aromatic amines is 1. The van der Waals surface area contributed by atoms with Gasteiger partial charge < -0.3 is 19.1 Å². The molecular formula is C16H17N7O2. The third-order valence-electron chi connectivity index (χ3n) is 3.40. The quantitative estimate of drug-likeness (QED) is 0.588. The zero-order valence-corrected chi connectivity index (χ0v) is 13.8. The van der Waals surface area contributed by atoms with Crippen LogP contribution >= 0.6 is 0 Å². The summed E-state index contributed by atoms with van der Waals surface area (Å²) in [6.07, 6.45) is 12.8. The van der Waals surface area contributed by atoms with Crippen molar-refractivity contribution in [2.45, 2.75) is 20.4 Å². The van der Waals surface area contributed by atoms with Gasteiger partial charge in [-0.05, 0) is 6.92 Å². The SMILES string of the molecule is CC(=O)O.Cc1[nH]cnc1-c1nccn1Cc1cn2ccncc2n1. The number of aromatic nitrogens is 7. The maximum atomic E-state index is 9.00. The van der Waals surface area contributed by atoms with E-state index in [9.17, 15) is 0 Å². The molecule has 9 heteroatoms. The fourth-order valence-corrected chi connectivity index (χ4v) is 2.38. The number of nitrogens with one attached hydrogen (secondary N) is 1. The highest BCUT2D eigenvalue weighted by Gasteiger charge is 2.12. The van der Waals surface area contributed by atoms with E-state index in [-0.39, 0.29) is 0 Å². The maximum Gasteiger partial charge on any atom is 0.300 e. The summed E-state index contributed by atoms with van der Waals surface area (Å²) in [5, 5.41) is 7.42. The number of fused-ring (bicyclic) bond motifs is 1. The third kappa shape index (κ3) is 3.71. The van der Waals surface area contributed by atoms with Gasteiger partial charge in [-0.15, -0.1) is 0 Å². The second-order valence-corrected chi connectivity index (χ2v) is 5.35. The van der Waals surface area contributed by atoms with E-state index in [1.807, 2.05) is 34.5 Å². The van der Waals surface area contributed by atoms with E-state index in [2.05, 4.69) is 24.9 Å². The van der Waals surface area contributed by atoms with Gasteiger partial charge >= 0.3 is 0 Å². The summed E-state index contributed by atoms with van der Waals surface area (Å²) in [6, 6.07) is 0. The predicted molar refractivity (Wildman–Crippen MR) is 89.9 cm³/mol. The van der Waals surface area contributed by atoms with Gasteiger partial charge in [-0.3, -0.25) is 9.78 Å². The minimum atomic E-state index is -0.833. The second kappa shape index (κ2) is 6.95. The van der Waals surface area contributed by atoms with E-state index in [4.69, 9.17) is 9.90 Å². The minimum absolute atomic E-state index is 0.642. The first-order valence-electron chi connectivity index (χ1n) is 7.53. The molecule has 0 aliphatic heterocycles. The first-order chi connectivity index (χ1) is 12.0. The molecule has 25 heavy (non-hydrogen) atoms. The number of rotatable bonds is 3. The van der Waals surface area contributed by atoms with E-state index in [0.29, 0.717) is 6.54 Å². The van der Waals surface area contributed by atoms with Gasteiger partial charge in [0.05, 0.1) is 24.8 Å². The number of imidazole rings is 3. The summed E-state index contributed by atoms with van der Waals surface area (Å²) in [5.74, 6) is 0.00364. The predicted octanol–water partition coefficient (Wildman–Crippen LogP) is 1.76. The normalized spacial score (nSPS) is 10.5. The zero-order chi connectivity index (χ0) is 17.8. The van der Waals surface area contributed by atoms with Crippen molar-refractivity contribution in [2.24, 2.45) is 0 Å². The van der Waals surface area contributed by atoms with Crippen molar-refractivity contribution >= 4 is 11.6 Å². The standard InChI is InChI=1S/C14H13N7.C2H4O2/c1-10-13(18-9-17-10)14-16-3-5-21(14)8-11-7-20-4-2-15-6-12(20)19-11;1-2(3)4/h2-7,9H,8H2,1H3,(H,17,18);1H3,(H,3,4). The molecule has 4 heterocycles. The van der Waals surface area contributed by atoms with E-state index in [1.54, 1.807) is 24.9 Å². The lowest BCUT2D eigenvalue weighted by Crippen LogP contribution is -2.02.